The van der Waals surface area contributed by atoms with E-state index in [1.165, 1.54) is 0 Å². The molecule has 1 aromatic carbocycles. The van der Waals surface area contributed by atoms with Gasteiger partial charge in [-0.05, 0) is 59.2 Å². The van der Waals surface area contributed by atoms with Crippen molar-refractivity contribution in [2.24, 2.45) is 0 Å². The molecule has 1 aromatic rings. The van der Waals surface area contributed by atoms with E-state index in [1.807, 2.05) is 47.6 Å². The first kappa shape index (κ1) is 21.5. The Morgan fingerprint density at radius 1 is 1.33 bits per heavy atom. The van der Waals surface area contributed by atoms with Crippen LogP contribution in [0.4, 0.5) is 0 Å². The maximum Gasteiger partial charge on any atom is 0.334 e. The van der Waals surface area contributed by atoms with Crippen molar-refractivity contribution >= 4 is 5.97 Å². The Kier molecular flexibility index (Phi) is 8.55. The van der Waals surface area contributed by atoms with Crippen LogP contribution in [0, 0.1) is 18.3 Å². The van der Waals surface area contributed by atoms with Crippen molar-refractivity contribution < 1.29 is 14.6 Å². The smallest absolute Gasteiger partial charge is 0.334 e. The van der Waals surface area contributed by atoms with E-state index in [0.717, 1.165) is 23.1 Å². The maximum atomic E-state index is 11.1. The number of hydrogen-bond donors (Lipinski definition) is 1. The second-order valence-electron chi connectivity index (χ2n) is 6.27. The van der Waals surface area contributed by atoms with Gasteiger partial charge in [0.15, 0.2) is 0 Å². The van der Waals surface area contributed by atoms with E-state index < -0.39 is 0 Å². The minimum absolute atomic E-state index is 0.0579. The largest absolute Gasteiger partial charge is 0.507 e. The Balaban J connectivity index is 0.000000381. The van der Waals surface area contributed by atoms with Crippen molar-refractivity contribution in [1.29, 1.82) is 5.26 Å². The lowest BCUT2D eigenvalue weighted by atomic mass is 9.93. The summed E-state index contributed by atoms with van der Waals surface area (Å²) in [5.41, 5.74) is 2.89. The van der Waals surface area contributed by atoms with Crippen molar-refractivity contribution in [2.75, 3.05) is 0 Å². The normalized spacial score (nSPS) is 15.0. The molecule has 4 heteroatoms. The lowest BCUT2D eigenvalue weighted by molar-refractivity contribution is -0.153. The number of aromatic hydroxyl groups is 1. The van der Waals surface area contributed by atoms with E-state index in [4.69, 9.17) is 15.1 Å². The third-order valence-electron chi connectivity index (χ3n) is 3.28. The van der Waals surface area contributed by atoms with E-state index in [0.29, 0.717) is 5.56 Å². The van der Waals surface area contributed by atoms with Gasteiger partial charge in [-0.2, -0.15) is 5.26 Å². The summed E-state index contributed by atoms with van der Waals surface area (Å²) in [4.78, 5) is 11.1. The van der Waals surface area contributed by atoms with Crippen molar-refractivity contribution in [3.05, 3.63) is 53.1 Å². The molecule has 0 atom stereocenters. The minimum Gasteiger partial charge on any atom is -0.507 e. The number of rotatable bonds is 0. The Labute approximate surface area is 145 Å². The number of esters is 1. The number of cyclic esters (lactones) is 1. The molecule has 0 fully saturated rings. The van der Waals surface area contributed by atoms with Gasteiger partial charge in [0.1, 0.15) is 17.4 Å². The SMILES string of the molecule is C=CC.CC1=C(C)C(=O)OC(C)(C)C1.Cc1ccc(C#N)c(O)c1. The molecule has 0 bridgehead atoms. The van der Waals surface area contributed by atoms with Crippen LogP contribution in [0.2, 0.25) is 0 Å². The van der Waals surface area contributed by atoms with Crippen LogP contribution in [0.5, 0.6) is 5.75 Å². The molecule has 130 valence electrons. The molecule has 0 aliphatic carbocycles. The highest BCUT2D eigenvalue weighted by Gasteiger charge is 2.30. The summed E-state index contributed by atoms with van der Waals surface area (Å²) in [6.07, 6.45) is 2.60. The standard InChI is InChI=1S/C9H14O2.C8H7NO.C3H6/c1-6-5-9(3,4)11-8(10)7(6)2;1-6-2-3-7(5-9)8(10)4-6;1-3-2/h5H2,1-4H3;2-4,10H,1H3;3H,1H2,2H3. The highest BCUT2D eigenvalue weighted by atomic mass is 16.6. The van der Waals surface area contributed by atoms with Gasteiger partial charge < -0.3 is 9.84 Å². The summed E-state index contributed by atoms with van der Waals surface area (Å²) >= 11 is 0. The Hall–Kier alpha value is -2.54. The lowest BCUT2D eigenvalue weighted by Crippen LogP contribution is -2.33. The van der Waals surface area contributed by atoms with Crippen LogP contribution < -0.4 is 0 Å². The second-order valence-corrected chi connectivity index (χ2v) is 6.27. The molecule has 4 nitrogen and oxygen atoms in total. The molecular weight excluding hydrogens is 302 g/mol. The summed E-state index contributed by atoms with van der Waals surface area (Å²) in [6, 6.07) is 6.83. The molecule has 0 saturated carbocycles. The summed E-state index contributed by atoms with van der Waals surface area (Å²) in [5, 5.41) is 17.5. The van der Waals surface area contributed by atoms with Gasteiger partial charge in [0.25, 0.3) is 0 Å². The Morgan fingerprint density at radius 3 is 2.29 bits per heavy atom. The number of phenolic OH excluding ortho intramolecular Hbond substituents is 1. The van der Waals surface area contributed by atoms with Crippen molar-refractivity contribution in [3.63, 3.8) is 0 Å². The highest BCUT2D eigenvalue weighted by molar-refractivity contribution is 5.89. The molecule has 0 aromatic heterocycles. The summed E-state index contributed by atoms with van der Waals surface area (Å²) in [5.74, 6) is -0.110. The monoisotopic (exact) mass is 329 g/mol. The number of hydrogen-bond acceptors (Lipinski definition) is 4. The average Bonchev–Trinajstić information content (AvgIpc) is 2.45. The average molecular weight is 329 g/mol. The number of phenols is 1. The van der Waals surface area contributed by atoms with Crippen LogP contribution in [0.25, 0.3) is 0 Å². The second kappa shape index (κ2) is 9.57. The van der Waals surface area contributed by atoms with Gasteiger partial charge >= 0.3 is 5.97 Å². The number of carbonyl (C=O) groups is 1. The number of benzene rings is 1. The number of nitriles is 1. The first-order chi connectivity index (χ1) is 11.1. The first-order valence-electron chi connectivity index (χ1n) is 7.74. The zero-order valence-electron chi connectivity index (χ0n) is 15.4. The van der Waals surface area contributed by atoms with Crippen molar-refractivity contribution in [2.45, 2.75) is 53.6 Å². The number of carbonyl (C=O) groups excluding carboxylic acids is 1. The minimum atomic E-state index is -0.305. The fourth-order valence-corrected chi connectivity index (χ4v) is 2.05. The highest BCUT2D eigenvalue weighted by Crippen LogP contribution is 2.28. The third-order valence-corrected chi connectivity index (χ3v) is 3.28. The van der Waals surface area contributed by atoms with Gasteiger partial charge in [0.05, 0.1) is 5.56 Å². The van der Waals surface area contributed by atoms with Crippen LogP contribution in [-0.4, -0.2) is 16.7 Å². The topological polar surface area (TPSA) is 70.3 Å². The van der Waals surface area contributed by atoms with E-state index in [9.17, 15) is 4.79 Å². The van der Waals surface area contributed by atoms with Gasteiger partial charge in [-0.15, -0.1) is 6.58 Å². The van der Waals surface area contributed by atoms with E-state index in [-0.39, 0.29) is 17.3 Å². The number of ether oxygens (including phenoxy) is 1. The zero-order chi connectivity index (χ0) is 18.9. The van der Waals surface area contributed by atoms with E-state index in [1.54, 1.807) is 24.3 Å². The van der Waals surface area contributed by atoms with Crippen molar-refractivity contribution in [1.82, 2.24) is 0 Å². The fourth-order valence-electron chi connectivity index (χ4n) is 2.05. The number of allylic oxidation sites excluding steroid dienone is 1. The van der Waals surface area contributed by atoms with Crippen molar-refractivity contribution in [3.8, 4) is 11.8 Å². The molecule has 0 amide bonds. The molecule has 0 spiro atoms. The third kappa shape index (κ3) is 7.15. The van der Waals surface area contributed by atoms with Crippen LogP contribution in [0.15, 0.2) is 42.0 Å². The molecule has 0 saturated heterocycles. The lowest BCUT2D eigenvalue weighted by Gasteiger charge is -2.30. The van der Waals surface area contributed by atoms with E-state index in [2.05, 4.69) is 6.58 Å². The molecule has 1 aliphatic rings. The van der Waals surface area contributed by atoms with Crippen LogP contribution in [0.1, 0.15) is 52.2 Å². The van der Waals surface area contributed by atoms with Gasteiger partial charge in [0, 0.05) is 12.0 Å². The Morgan fingerprint density at radius 2 is 1.88 bits per heavy atom. The fraction of sp³-hybridized carbons (Fsp3) is 0.400. The molecule has 1 aliphatic heterocycles. The number of aryl methyl sites for hydroxylation is 1. The predicted molar refractivity (Wildman–Crippen MR) is 96.6 cm³/mol. The van der Waals surface area contributed by atoms with Crippen LogP contribution in [0.3, 0.4) is 0 Å². The molecular formula is C20H27NO3. The predicted octanol–water partition coefficient (Wildman–Crippen LogP) is 4.81. The van der Waals surface area contributed by atoms with Gasteiger partial charge in [-0.3, -0.25) is 0 Å². The molecule has 2 rings (SSSR count). The van der Waals surface area contributed by atoms with Gasteiger partial charge in [-0.1, -0.05) is 17.7 Å². The Bertz CT molecular complexity index is 664. The summed E-state index contributed by atoms with van der Waals surface area (Å²) in [6.45, 7) is 14.8. The molecule has 1 heterocycles. The van der Waals surface area contributed by atoms with Gasteiger partial charge in [0.2, 0.25) is 0 Å². The van der Waals surface area contributed by atoms with E-state index >= 15 is 0 Å². The summed E-state index contributed by atoms with van der Waals surface area (Å²) in [7, 11) is 0. The quantitative estimate of drug-likeness (QED) is 0.547. The molecule has 0 unspecified atom stereocenters. The maximum absolute atomic E-state index is 11.1. The molecule has 0 radical (unpaired) electrons. The zero-order valence-corrected chi connectivity index (χ0v) is 15.4. The summed E-state index contributed by atoms with van der Waals surface area (Å²) < 4.78 is 5.16. The number of nitrogens with zero attached hydrogens (tertiary/aromatic N) is 1. The van der Waals surface area contributed by atoms with Gasteiger partial charge in [-0.25, -0.2) is 4.79 Å². The first-order valence-corrected chi connectivity index (χ1v) is 7.74. The molecule has 1 N–H and O–H groups in total. The van der Waals surface area contributed by atoms with Crippen LogP contribution in [-0.2, 0) is 9.53 Å². The van der Waals surface area contributed by atoms with Crippen LogP contribution >= 0.6 is 0 Å². The molecule has 24 heavy (non-hydrogen) atoms.